The Bertz CT molecular complexity index is 606. The zero-order valence-electron chi connectivity index (χ0n) is 11.5. The second kappa shape index (κ2) is 7.72. The third kappa shape index (κ3) is 5.99. The number of hydrogen-bond acceptors (Lipinski definition) is 3. The third-order valence-electron chi connectivity index (χ3n) is 2.81. The van der Waals surface area contributed by atoms with E-state index in [1.165, 1.54) is 12.1 Å². The summed E-state index contributed by atoms with van der Waals surface area (Å²) < 4.78 is 39.1. The van der Waals surface area contributed by atoms with E-state index in [0.29, 0.717) is 6.42 Å². The first kappa shape index (κ1) is 17.9. The van der Waals surface area contributed by atoms with Gasteiger partial charge >= 0.3 is 5.97 Å². The number of carboxylic acid groups (broad SMARTS) is 1. The Labute approximate surface area is 128 Å². The summed E-state index contributed by atoms with van der Waals surface area (Å²) in [5.41, 5.74) is 0.286. The molecule has 2 N–H and O–H groups in total. The third-order valence-corrected chi connectivity index (χ3v) is 4.45. The van der Waals surface area contributed by atoms with Gasteiger partial charge in [-0.25, -0.2) is 17.5 Å². The minimum atomic E-state index is -3.85. The molecule has 1 rings (SSSR count). The number of unbranched alkanes of at least 4 members (excludes halogenated alkanes) is 1. The topological polar surface area (TPSA) is 83.5 Å². The number of halogens is 2. The molecule has 0 amide bonds. The van der Waals surface area contributed by atoms with E-state index in [1.807, 2.05) is 6.92 Å². The van der Waals surface area contributed by atoms with E-state index in [2.05, 4.69) is 4.72 Å². The minimum Gasteiger partial charge on any atom is -0.480 e. The van der Waals surface area contributed by atoms with Crippen molar-refractivity contribution in [3.8, 4) is 0 Å². The fourth-order valence-corrected chi connectivity index (χ4v) is 3.31. The second-order valence-corrected chi connectivity index (χ2v) is 6.82. The van der Waals surface area contributed by atoms with Crippen LogP contribution in [-0.2, 0) is 20.6 Å². The van der Waals surface area contributed by atoms with Gasteiger partial charge in [0.15, 0.2) is 0 Å². The maximum atomic E-state index is 13.0. The molecule has 0 aliphatic rings. The number of benzene rings is 1. The van der Waals surface area contributed by atoms with Gasteiger partial charge in [-0.15, -0.1) is 0 Å². The lowest BCUT2D eigenvalue weighted by Gasteiger charge is -2.14. The summed E-state index contributed by atoms with van der Waals surface area (Å²) in [5, 5.41) is 8.83. The normalized spacial score (nSPS) is 13.1. The fourth-order valence-electron chi connectivity index (χ4n) is 1.75. The zero-order valence-corrected chi connectivity index (χ0v) is 13.0. The van der Waals surface area contributed by atoms with Crippen molar-refractivity contribution < 1.29 is 22.7 Å². The van der Waals surface area contributed by atoms with Gasteiger partial charge in [0.25, 0.3) is 0 Å². The largest absolute Gasteiger partial charge is 0.480 e. The molecular weight excluding hydrogens is 321 g/mol. The number of sulfonamides is 1. The van der Waals surface area contributed by atoms with Gasteiger partial charge < -0.3 is 5.11 Å². The highest BCUT2D eigenvalue weighted by atomic mass is 35.5. The van der Waals surface area contributed by atoms with Crippen LogP contribution in [0.2, 0.25) is 5.02 Å². The zero-order chi connectivity index (χ0) is 16.0. The standard InChI is InChI=1S/C13H17ClFNO4S/c1-2-3-4-12(13(17)18)16-21(19,20)8-9-5-6-11(15)10(14)7-9/h5-7,12,16H,2-4,8H2,1H3,(H,17,18). The lowest BCUT2D eigenvalue weighted by atomic mass is 10.1. The summed E-state index contributed by atoms with van der Waals surface area (Å²) in [5.74, 6) is -2.32. The number of hydrogen-bond donors (Lipinski definition) is 2. The maximum absolute atomic E-state index is 13.0. The first-order chi connectivity index (χ1) is 9.75. The van der Waals surface area contributed by atoms with Crippen LogP contribution in [0, 0.1) is 5.82 Å². The van der Waals surface area contributed by atoms with Gasteiger partial charge in [-0.1, -0.05) is 37.4 Å². The van der Waals surface area contributed by atoms with Crippen LogP contribution in [0.5, 0.6) is 0 Å². The van der Waals surface area contributed by atoms with Gasteiger partial charge in [0.2, 0.25) is 10.0 Å². The average Bonchev–Trinajstić information content (AvgIpc) is 2.38. The lowest BCUT2D eigenvalue weighted by Crippen LogP contribution is -2.41. The maximum Gasteiger partial charge on any atom is 0.321 e. The molecule has 0 saturated heterocycles. The first-order valence-corrected chi connectivity index (χ1v) is 8.45. The van der Waals surface area contributed by atoms with Crippen LogP contribution in [0.15, 0.2) is 18.2 Å². The number of carbonyl (C=O) groups is 1. The van der Waals surface area contributed by atoms with Crippen LogP contribution in [-0.4, -0.2) is 25.5 Å². The predicted molar refractivity (Wildman–Crippen MR) is 78.1 cm³/mol. The molecule has 0 spiro atoms. The Balaban J connectivity index is 2.79. The Morgan fingerprint density at radius 2 is 2.14 bits per heavy atom. The fraction of sp³-hybridized carbons (Fsp3) is 0.462. The van der Waals surface area contributed by atoms with Crippen LogP contribution in [0.25, 0.3) is 0 Å². The summed E-state index contributed by atoms with van der Waals surface area (Å²) >= 11 is 5.58. The highest BCUT2D eigenvalue weighted by Gasteiger charge is 2.23. The van der Waals surface area contributed by atoms with Crippen LogP contribution in [0.3, 0.4) is 0 Å². The first-order valence-electron chi connectivity index (χ1n) is 6.42. The average molecular weight is 338 g/mol. The highest BCUT2D eigenvalue weighted by Crippen LogP contribution is 2.17. The van der Waals surface area contributed by atoms with E-state index in [9.17, 15) is 17.6 Å². The Morgan fingerprint density at radius 3 is 2.67 bits per heavy atom. The van der Waals surface area contributed by atoms with E-state index in [-0.39, 0.29) is 17.0 Å². The van der Waals surface area contributed by atoms with Crippen LogP contribution in [0.1, 0.15) is 31.7 Å². The predicted octanol–water partition coefficient (Wildman–Crippen LogP) is 2.54. The van der Waals surface area contributed by atoms with Crippen LogP contribution < -0.4 is 4.72 Å². The van der Waals surface area contributed by atoms with Crippen molar-refractivity contribution in [2.24, 2.45) is 0 Å². The second-order valence-electron chi connectivity index (χ2n) is 4.66. The molecule has 1 aromatic carbocycles. The summed E-state index contributed by atoms with van der Waals surface area (Å²) in [6.07, 6.45) is 1.58. The van der Waals surface area contributed by atoms with Gasteiger partial charge in [-0.3, -0.25) is 4.79 Å². The van der Waals surface area contributed by atoms with E-state index in [1.54, 1.807) is 0 Å². The molecule has 0 fully saturated rings. The summed E-state index contributed by atoms with van der Waals surface area (Å²) in [7, 11) is -3.85. The molecule has 1 aromatic rings. The van der Waals surface area contributed by atoms with E-state index in [0.717, 1.165) is 12.5 Å². The van der Waals surface area contributed by atoms with Gasteiger partial charge in [0.1, 0.15) is 11.9 Å². The lowest BCUT2D eigenvalue weighted by molar-refractivity contribution is -0.139. The Hall–Kier alpha value is -1.18. The van der Waals surface area contributed by atoms with Crippen molar-refractivity contribution >= 4 is 27.6 Å². The quantitative estimate of drug-likeness (QED) is 0.763. The van der Waals surface area contributed by atoms with Gasteiger partial charge in [-0.05, 0) is 24.1 Å². The molecule has 8 heteroatoms. The van der Waals surface area contributed by atoms with Crippen LogP contribution in [0.4, 0.5) is 4.39 Å². The Kier molecular flexibility index (Phi) is 6.57. The summed E-state index contributed by atoms with van der Waals surface area (Å²) in [6, 6.07) is 2.41. The van der Waals surface area contributed by atoms with E-state index >= 15 is 0 Å². The molecule has 21 heavy (non-hydrogen) atoms. The molecule has 0 radical (unpaired) electrons. The van der Waals surface area contributed by atoms with Gasteiger partial charge in [0, 0.05) is 0 Å². The van der Waals surface area contributed by atoms with Crippen molar-refractivity contribution in [3.63, 3.8) is 0 Å². The van der Waals surface area contributed by atoms with E-state index in [4.69, 9.17) is 16.7 Å². The van der Waals surface area contributed by atoms with Gasteiger partial charge in [-0.2, -0.15) is 0 Å². The molecular formula is C13H17ClFNO4S. The molecule has 5 nitrogen and oxygen atoms in total. The number of carboxylic acids is 1. The molecule has 0 bridgehead atoms. The minimum absolute atomic E-state index is 0.177. The number of aliphatic carboxylic acids is 1. The molecule has 1 unspecified atom stereocenters. The van der Waals surface area contributed by atoms with Crippen molar-refractivity contribution in [2.45, 2.75) is 38.0 Å². The van der Waals surface area contributed by atoms with Crippen molar-refractivity contribution in [1.82, 2.24) is 4.72 Å². The molecule has 0 aliphatic carbocycles. The molecule has 0 heterocycles. The Morgan fingerprint density at radius 1 is 1.48 bits per heavy atom. The van der Waals surface area contributed by atoms with Crippen molar-refractivity contribution in [2.75, 3.05) is 0 Å². The summed E-state index contributed by atoms with van der Waals surface area (Å²) in [4.78, 5) is 11.0. The highest BCUT2D eigenvalue weighted by molar-refractivity contribution is 7.88. The van der Waals surface area contributed by atoms with Crippen molar-refractivity contribution in [1.29, 1.82) is 0 Å². The molecule has 0 aromatic heterocycles. The number of rotatable bonds is 8. The molecule has 1 atom stereocenters. The van der Waals surface area contributed by atoms with E-state index < -0.39 is 33.6 Å². The molecule has 0 aliphatic heterocycles. The van der Waals surface area contributed by atoms with Gasteiger partial charge in [0.05, 0.1) is 10.8 Å². The SMILES string of the molecule is CCCCC(NS(=O)(=O)Cc1ccc(F)c(Cl)c1)C(=O)O. The van der Waals surface area contributed by atoms with Crippen LogP contribution >= 0.6 is 11.6 Å². The molecule has 0 saturated carbocycles. The number of nitrogens with one attached hydrogen (secondary N) is 1. The molecule has 118 valence electrons. The monoisotopic (exact) mass is 337 g/mol. The smallest absolute Gasteiger partial charge is 0.321 e. The summed E-state index contributed by atoms with van der Waals surface area (Å²) in [6.45, 7) is 1.88. The van der Waals surface area contributed by atoms with Crippen molar-refractivity contribution in [3.05, 3.63) is 34.6 Å².